The van der Waals surface area contributed by atoms with Crippen LogP contribution in [-0.2, 0) is 7.05 Å². The summed E-state index contributed by atoms with van der Waals surface area (Å²) in [5, 5.41) is 25.6. The van der Waals surface area contributed by atoms with Crippen molar-refractivity contribution in [2.75, 3.05) is 11.9 Å². The monoisotopic (exact) mass is 444 g/mol. The van der Waals surface area contributed by atoms with Crippen LogP contribution in [0, 0.1) is 23.1 Å². The molecule has 1 aliphatic carbocycles. The van der Waals surface area contributed by atoms with Crippen LogP contribution in [0.4, 0.5) is 10.2 Å². The largest absolute Gasteiger partial charge is 0.368 e. The number of anilines is 1. The molecule has 2 heterocycles. The summed E-state index contributed by atoms with van der Waals surface area (Å²) < 4.78 is 17.9. The predicted octanol–water partition coefficient (Wildman–Crippen LogP) is 3.76. The SMILES string of the molecule is Cn1nnc2cc(-n3nc(NCC4CCC[C@H](N)C4)cc3-c3ccc(C#N)c(F)c3)ccc21. The molecule has 4 aromatic rings. The Kier molecular flexibility index (Phi) is 5.52. The first-order valence-electron chi connectivity index (χ1n) is 11.1. The van der Waals surface area contributed by atoms with E-state index in [0.717, 1.165) is 48.9 Å². The summed E-state index contributed by atoms with van der Waals surface area (Å²) in [6.07, 6.45) is 4.39. The maximum absolute atomic E-state index is 14.4. The first-order valence-corrected chi connectivity index (χ1v) is 11.1. The van der Waals surface area contributed by atoms with Gasteiger partial charge in [-0.2, -0.15) is 5.26 Å². The van der Waals surface area contributed by atoms with Crippen molar-refractivity contribution in [2.45, 2.75) is 31.7 Å². The van der Waals surface area contributed by atoms with Gasteiger partial charge in [-0.25, -0.2) is 13.8 Å². The number of fused-ring (bicyclic) bond motifs is 1. The molecule has 0 radical (unpaired) electrons. The molecule has 1 saturated carbocycles. The molecule has 8 nitrogen and oxygen atoms in total. The molecule has 0 amide bonds. The fraction of sp³-hybridized carbons (Fsp3) is 0.333. The number of hydrogen-bond donors (Lipinski definition) is 2. The van der Waals surface area contributed by atoms with E-state index in [1.165, 1.54) is 12.1 Å². The smallest absolute Gasteiger partial charge is 0.149 e. The third-order valence-corrected chi connectivity index (χ3v) is 6.33. The van der Waals surface area contributed by atoms with Gasteiger partial charge in [0.05, 0.1) is 22.5 Å². The predicted molar refractivity (Wildman–Crippen MR) is 124 cm³/mol. The van der Waals surface area contributed by atoms with Crippen molar-refractivity contribution in [2.24, 2.45) is 18.7 Å². The minimum absolute atomic E-state index is 0.0118. The van der Waals surface area contributed by atoms with Crippen molar-refractivity contribution in [3.05, 3.63) is 53.8 Å². The molecule has 1 unspecified atom stereocenters. The van der Waals surface area contributed by atoms with E-state index in [1.807, 2.05) is 37.4 Å². The molecule has 1 aliphatic rings. The van der Waals surface area contributed by atoms with E-state index in [9.17, 15) is 4.39 Å². The fourth-order valence-corrected chi connectivity index (χ4v) is 4.56. The van der Waals surface area contributed by atoms with Crippen LogP contribution in [-0.4, -0.2) is 37.4 Å². The average molecular weight is 445 g/mol. The lowest BCUT2D eigenvalue weighted by molar-refractivity contribution is 0.335. The second-order valence-electron chi connectivity index (χ2n) is 8.69. The third kappa shape index (κ3) is 4.17. The maximum Gasteiger partial charge on any atom is 0.149 e. The van der Waals surface area contributed by atoms with Gasteiger partial charge in [0.1, 0.15) is 23.2 Å². The van der Waals surface area contributed by atoms with Crippen molar-refractivity contribution >= 4 is 16.9 Å². The molecule has 2 atom stereocenters. The Morgan fingerprint density at radius 1 is 1.21 bits per heavy atom. The summed E-state index contributed by atoms with van der Waals surface area (Å²) in [5.74, 6) is 0.650. The van der Waals surface area contributed by atoms with Crippen LogP contribution in [0.15, 0.2) is 42.5 Å². The van der Waals surface area contributed by atoms with Gasteiger partial charge in [-0.1, -0.05) is 17.7 Å². The van der Waals surface area contributed by atoms with Gasteiger partial charge < -0.3 is 11.1 Å². The number of benzene rings is 2. The van der Waals surface area contributed by atoms with Crippen LogP contribution >= 0.6 is 0 Å². The molecule has 0 spiro atoms. The zero-order valence-corrected chi connectivity index (χ0v) is 18.4. The molecule has 1 fully saturated rings. The van der Waals surface area contributed by atoms with Gasteiger partial charge in [0.25, 0.3) is 0 Å². The summed E-state index contributed by atoms with van der Waals surface area (Å²) in [7, 11) is 1.84. The Morgan fingerprint density at radius 3 is 2.88 bits per heavy atom. The molecule has 2 aromatic carbocycles. The highest BCUT2D eigenvalue weighted by atomic mass is 19.1. The van der Waals surface area contributed by atoms with Crippen LogP contribution in [0.1, 0.15) is 31.2 Å². The Labute approximate surface area is 190 Å². The highest BCUT2D eigenvalue weighted by molar-refractivity contribution is 5.78. The van der Waals surface area contributed by atoms with Gasteiger partial charge in [-0.15, -0.1) is 10.2 Å². The summed E-state index contributed by atoms with van der Waals surface area (Å²) >= 11 is 0. The molecule has 0 aliphatic heterocycles. The second kappa shape index (κ2) is 8.64. The average Bonchev–Trinajstić information content (AvgIpc) is 3.41. The van der Waals surface area contributed by atoms with Gasteiger partial charge in [0.2, 0.25) is 0 Å². The third-order valence-electron chi connectivity index (χ3n) is 6.33. The van der Waals surface area contributed by atoms with Gasteiger partial charge in [-0.05, 0) is 55.5 Å². The number of aromatic nitrogens is 5. The maximum atomic E-state index is 14.4. The first kappa shape index (κ1) is 21.1. The molecular formula is C24H25FN8. The van der Waals surface area contributed by atoms with E-state index >= 15 is 0 Å². The lowest BCUT2D eigenvalue weighted by atomic mass is 9.86. The van der Waals surface area contributed by atoms with E-state index in [-0.39, 0.29) is 11.6 Å². The Bertz CT molecular complexity index is 1350. The van der Waals surface area contributed by atoms with Crippen molar-refractivity contribution in [3.63, 3.8) is 0 Å². The van der Waals surface area contributed by atoms with Crippen molar-refractivity contribution in [1.29, 1.82) is 5.26 Å². The normalized spacial score (nSPS) is 18.4. The van der Waals surface area contributed by atoms with Crippen LogP contribution in [0.2, 0.25) is 0 Å². The second-order valence-corrected chi connectivity index (χ2v) is 8.69. The van der Waals surface area contributed by atoms with Crippen LogP contribution < -0.4 is 11.1 Å². The summed E-state index contributed by atoms with van der Waals surface area (Å²) in [4.78, 5) is 0. The fourth-order valence-electron chi connectivity index (χ4n) is 4.56. The topological polar surface area (TPSA) is 110 Å². The summed E-state index contributed by atoms with van der Waals surface area (Å²) in [5.41, 5.74) is 9.93. The Balaban J connectivity index is 1.52. The van der Waals surface area contributed by atoms with Crippen LogP contribution in [0.25, 0.3) is 28.0 Å². The molecular weight excluding hydrogens is 419 g/mol. The van der Waals surface area contributed by atoms with Gasteiger partial charge in [-0.3, -0.25) is 0 Å². The standard InChI is InChI=1S/C24H25FN8/c1-32-22-8-7-19(11-21(22)29-31-32)33-23(16-5-6-17(13-26)20(25)10-16)12-24(30-33)28-14-15-3-2-4-18(27)9-15/h5-8,10-12,15,18H,2-4,9,14,27H2,1H3,(H,28,30)/t15?,18-/m0/s1. The summed E-state index contributed by atoms with van der Waals surface area (Å²) in [6, 6.07) is 14.4. The van der Waals surface area contributed by atoms with E-state index in [1.54, 1.807) is 15.4 Å². The number of nitrogens with two attached hydrogens (primary N) is 1. The Hall–Kier alpha value is -3.77. The zero-order valence-electron chi connectivity index (χ0n) is 18.4. The first-order chi connectivity index (χ1) is 16.0. The van der Waals surface area contributed by atoms with E-state index in [4.69, 9.17) is 16.1 Å². The minimum Gasteiger partial charge on any atom is -0.368 e. The number of halogens is 1. The van der Waals surface area contributed by atoms with Gasteiger partial charge in [0.15, 0.2) is 0 Å². The van der Waals surface area contributed by atoms with E-state index in [0.29, 0.717) is 23.0 Å². The van der Waals surface area contributed by atoms with Crippen molar-refractivity contribution in [1.82, 2.24) is 24.8 Å². The van der Waals surface area contributed by atoms with Gasteiger partial charge >= 0.3 is 0 Å². The molecule has 9 heteroatoms. The Morgan fingerprint density at radius 2 is 2.09 bits per heavy atom. The molecule has 168 valence electrons. The lowest BCUT2D eigenvalue weighted by Gasteiger charge is -2.26. The number of nitrogens with one attached hydrogen (secondary N) is 1. The number of rotatable bonds is 5. The van der Waals surface area contributed by atoms with Gasteiger partial charge in [0, 0.05) is 31.3 Å². The lowest BCUT2D eigenvalue weighted by Crippen LogP contribution is -2.31. The highest BCUT2D eigenvalue weighted by Gasteiger charge is 2.20. The molecule has 0 saturated heterocycles. The van der Waals surface area contributed by atoms with Crippen LogP contribution in [0.3, 0.4) is 0 Å². The van der Waals surface area contributed by atoms with Crippen molar-refractivity contribution in [3.8, 4) is 23.0 Å². The minimum atomic E-state index is -0.558. The molecule has 33 heavy (non-hydrogen) atoms. The van der Waals surface area contributed by atoms with Crippen LogP contribution in [0.5, 0.6) is 0 Å². The summed E-state index contributed by atoms with van der Waals surface area (Å²) in [6.45, 7) is 0.787. The molecule has 0 bridgehead atoms. The molecule has 5 rings (SSSR count). The number of aryl methyl sites for hydroxylation is 1. The quantitative estimate of drug-likeness (QED) is 0.485. The highest BCUT2D eigenvalue weighted by Crippen LogP contribution is 2.29. The van der Waals surface area contributed by atoms with E-state index < -0.39 is 5.82 Å². The molecule has 2 aromatic heterocycles. The number of nitrogens with zero attached hydrogens (tertiary/aromatic N) is 6. The number of nitriles is 1. The zero-order chi connectivity index (χ0) is 22.9. The number of hydrogen-bond acceptors (Lipinski definition) is 6. The van der Waals surface area contributed by atoms with Crippen molar-refractivity contribution < 1.29 is 4.39 Å². The molecule has 3 N–H and O–H groups in total. The van der Waals surface area contributed by atoms with E-state index in [2.05, 4.69) is 15.6 Å².